The summed E-state index contributed by atoms with van der Waals surface area (Å²) in [6, 6.07) is 5.99. The van der Waals surface area contributed by atoms with E-state index >= 15 is 0 Å². The van der Waals surface area contributed by atoms with Crippen LogP contribution < -0.4 is 0 Å². The summed E-state index contributed by atoms with van der Waals surface area (Å²) in [5, 5.41) is 0.0658. The average molecular weight is 258 g/mol. The highest BCUT2D eigenvalue weighted by Crippen LogP contribution is 2.06. The van der Waals surface area contributed by atoms with E-state index in [1.54, 1.807) is 24.1 Å². The van der Waals surface area contributed by atoms with E-state index in [0.29, 0.717) is 13.0 Å². The minimum Gasteiger partial charge on any atom is -0.345 e. The number of rotatable bonds is 5. The second-order valence-electron chi connectivity index (χ2n) is 4.19. The van der Waals surface area contributed by atoms with E-state index in [4.69, 9.17) is 11.6 Å². The van der Waals surface area contributed by atoms with Gasteiger partial charge in [0.05, 0.1) is 6.42 Å². The van der Waals surface area contributed by atoms with Crippen LogP contribution in [0.25, 0.3) is 0 Å². The van der Waals surface area contributed by atoms with Gasteiger partial charge in [-0.05, 0) is 31.0 Å². The Morgan fingerprint density at radius 1 is 1.41 bits per heavy atom. The second-order valence-corrected chi connectivity index (χ2v) is 4.93. The molecule has 0 heterocycles. The van der Waals surface area contributed by atoms with Crippen LogP contribution in [-0.4, -0.2) is 29.8 Å². The lowest BCUT2D eigenvalue weighted by atomic mass is 10.1. The van der Waals surface area contributed by atoms with Gasteiger partial charge in [-0.1, -0.05) is 12.1 Å². The molecular weight excluding hydrogens is 241 g/mol. The minimum atomic E-state index is -0.287. The van der Waals surface area contributed by atoms with Gasteiger partial charge in [0.25, 0.3) is 0 Å². The van der Waals surface area contributed by atoms with Crippen molar-refractivity contribution < 1.29 is 9.18 Å². The Hall–Kier alpha value is -1.09. The highest BCUT2D eigenvalue weighted by molar-refractivity contribution is 6.20. The molecule has 0 aliphatic carbocycles. The van der Waals surface area contributed by atoms with E-state index in [0.717, 1.165) is 12.0 Å². The van der Waals surface area contributed by atoms with Gasteiger partial charge >= 0.3 is 0 Å². The molecule has 1 aromatic carbocycles. The average Bonchev–Trinajstić information content (AvgIpc) is 2.28. The fraction of sp³-hybridized carbons (Fsp3) is 0.462. The van der Waals surface area contributed by atoms with Crippen molar-refractivity contribution in [2.75, 3.05) is 13.6 Å². The molecule has 1 amide bonds. The van der Waals surface area contributed by atoms with Crippen molar-refractivity contribution >= 4 is 17.5 Å². The highest BCUT2D eigenvalue weighted by Gasteiger charge is 2.10. The first-order valence-electron chi connectivity index (χ1n) is 5.61. The van der Waals surface area contributed by atoms with Crippen LogP contribution in [0, 0.1) is 5.82 Å². The molecular formula is C13H17ClFNO. The third kappa shape index (κ3) is 5.18. The van der Waals surface area contributed by atoms with Gasteiger partial charge in [-0.15, -0.1) is 11.6 Å². The quantitative estimate of drug-likeness (QED) is 0.743. The summed E-state index contributed by atoms with van der Waals surface area (Å²) in [6.07, 6.45) is 1.07. The Labute approximate surface area is 106 Å². The summed E-state index contributed by atoms with van der Waals surface area (Å²) in [4.78, 5) is 13.5. The molecule has 0 radical (unpaired) electrons. The normalized spacial score (nSPS) is 12.2. The van der Waals surface area contributed by atoms with Crippen molar-refractivity contribution in [2.24, 2.45) is 0 Å². The SMILES string of the molecule is CC(Cl)CCN(C)C(=O)Cc1ccc(F)cc1. The molecule has 94 valence electrons. The number of hydrogen-bond donors (Lipinski definition) is 0. The van der Waals surface area contributed by atoms with Gasteiger partial charge in [-0.2, -0.15) is 0 Å². The van der Waals surface area contributed by atoms with Gasteiger partial charge in [-0.3, -0.25) is 4.79 Å². The van der Waals surface area contributed by atoms with Crippen LogP contribution in [0.4, 0.5) is 4.39 Å². The summed E-state index contributed by atoms with van der Waals surface area (Å²) in [5.41, 5.74) is 0.821. The lowest BCUT2D eigenvalue weighted by Crippen LogP contribution is -2.30. The van der Waals surface area contributed by atoms with Gasteiger partial charge in [0, 0.05) is 19.0 Å². The molecule has 0 N–H and O–H groups in total. The Balaban J connectivity index is 2.45. The van der Waals surface area contributed by atoms with E-state index in [9.17, 15) is 9.18 Å². The number of nitrogens with zero attached hydrogens (tertiary/aromatic N) is 1. The third-order valence-electron chi connectivity index (χ3n) is 2.56. The fourth-order valence-corrected chi connectivity index (χ4v) is 1.51. The van der Waals surface area contributed by atoms with Crippen LogP contribution in [0.15, 0.2) is 24.3 Å². The standard InChI is InChI=1S/C13H17ClFNO/c1-10(14)7-8-16(2)13(17)9-11-3-5-12(15)6-4-11/h3-6,10H,7-9H2,1-2H3. The number of amides is 1. The fourth-order valence-electron chi connectivity index (χ4n) is 1.41. The van der Waals surface area contributed by atoms with E-state index in [-0.39, 0.29) is 17.1 Å². The van der Waals surface area contributed by atoms with Crippen molar-refractivity contribution in [3.63, 3.8) is 0 Å². The molecule has 17 heavy (non-hydrogen) atoms. The molecule has 0 fully saturated rings. The van der Waals surface area contributed by atoms with Crippen LogP contribution in [0.1, 0.15) is 18.9 Å². The molecule has 4 heteroatoms. The van der Waals surface area contributed by atoms with Crippen LogP contribution in [-0.2, 0) is 11.2 Å². The molecule has 0 spiro atoms. The topological polar surface area (TPSA) is 20.3 Å². The van der Waals surface area contributed by atoms with Crippen LogP contribution in [0.2, 0.25) is 0 Å². The summed E-state index contributed by atoms with van der Waals surface area (Å²) in [6.45, 7) is 2.55. The summed E-state index contributed by atoms with van der Waals surface area (Å²) < 4.78 is 12.7. The molecule has 1 rings (SSSR count). The van der Waals surface area contributed by atoms with Gasteiger partial charge < -0.3 is 4.90 Å². The molecule has 0 saturated heterocycles. The minimum absolute atomic E-state index is 0.0222. The zero-order valence-corrected chi connectivity index (χ0v) is 10.9. The Kier molecular flexibility index (Phi) is 5.42. The number of likely N-dealkylation sites (N-methyl/N-ethyl adjacent to an activating group) is 1. The zero-order valence-electron chi connectivity index (χ0n) is 10.1. The maximum Gasteiger partial charge on any atom is 0.226 e. The number of carbonyl (C=O) groups excluding carboxylic acids is 1. The Bertz CT molecular complexity index is 364. The van der Waals surface area contributed by atoms with Gasteiger partial charge in [-0.25, -0.2) is 4.39 Å². The van der Waals surface area contributed by atoms with E-state index in [1.165, 1.54) is 12.1 Å². The molecule has 0 bridgehead atoms. The molecule has 0 saturated carbocycles. The first-order chi connectivity index (χ1) is 7.99. The van der Waals surface area contributed by atoms with Gasteiger partial charge in [0.2, 0.25) is 5.91 Å². The second kappa shape index (κ2) is 6.60. The summed E-state index contributed by atoms with van der Waals surface area (Å²) in [5.74, 6) is -0.264. The number of halogens is 2. The summed E-state index contributed by atoms with van der Waals surface area (Å²) in [7, 11) is 1.76. The first-order valence-corrected chi connectivity index (χ1v) is 6.05. The van der Waals surface area contributed by atoms with Crippen LogP contribution >= 0.6 is 11.6 Å². The lowest BCUT2D eigenvalue weighted by molar-refractivity contribution is -0.129. The zero-order chi connectivity index (χ0) is 12.8. The largest absolute Gasteiger partial charge is 0.345 e. The molecule has 1 aromatic rings. The molecule has 0 aliphatic rings. The van der Waals surface area contributed by atoms with E-state index < -0.39 is 0 Å². The number of hydrogen-bond acceptors (Lipinski definition) is 1. The van der Waals surface area contributed by atoms with E-state index in [2.05, 4.69) is 0 Å². The van der Waals surface area contributed by atoms with Gasteiger partial charge in [0.1, 0.15) is 5.82 Å². The molecule has 0 aliphatic heterocycles. The third-order valence-corrected chi connectivity index (χ3v) is 2.77. The van der Waals surface area contributed by atoms with Crippen molar-refractivity contribution in [1.82, 2.24) is 4.90 Å². The predicted octanol–water partition coefficient (Wildman–Crippen LogP) is 2.84. The molecule has 1 atom stereocenters. The van der Waals surface area contributed by atoms with Crippen molar-refractivity contribution in [3.8, 4) is 0 Å². The first kappa shape index (κ1) is 14.0. The lowest BCUT2D eigenvalue weighted by Gasteiger charge is -2.17. The summed E-state index contributed by atoms with van der Waals surface area (Å²) >= 11 is 5.82. The number of alkyl halides is 1. The monoisotopic (exact) mass is 257 g/mol. The molecule has 1 unspecified atom stereocenters. The van der Waals surface area contributed by atoms with Crippen molar-refractivity contribution in [3.05, 3.63) is 35.6 Å². The van der Waals surface area contributed by atoms with E-state index in [1.807, 2.05) is 6.92 Å². The van der Waals surface area contributed by atoms with Gasteiger partial charge in [0.15, 0.2) is 0 Å². The Morgan fingerprint density at radius 3 is 2.53 bits per heavy atom. The number of benzene rings is 1. The van der Waals surface area contributed by atoms with Crippen LogP contribution in [0.3, 0.4) is 0 Å². The van der Waals surface area contributed by atoms with Crippen molar-refractivity contribution in [2.45, 2.75) is 25.1 Å². The van der Waals surface area contributed by atoms with Crippen LogP contribution in [0.5, 0.6) is 0 Å². The highest BCUT2D eigenvalue weighted by atomic mass is 35.5. The molecule has 0 aromatic heterocycles. The maximum atomic E-state index is 12.7. The Morgan fingerprint density at radius 2 is 2.00 bits per heavy atom. The smallest absolute Gasteiger partial charge is 0.226 e. The number of carbonyl (C=O) groups is 1. The van der Waals surface area contributed by atoms with Crippen molar-refractivity contribution in [1.29, 1.82) is 0 Å². The predicted molar refractivity (Wildman–Crippen MR) is 67.7 cm³/mol. The molecule has 2 nitrogen and oxygen atoms in total. The maximum absolute atomic E-state index is 12.7.